The van der Waals surface area contributed by atoms with Crippen LogP contribution < -0.4 is 4.74 Å². The van der Waals surface area contributed by atoms with E-state index in [2.05, 4.69) is 6.58 Å². The molecule has 0 N–H and O–H groups in total. The average molecular weight is 190 g/mol. The zero-order valence-electron chi connectivity index (χ0n) is 7.55. The Morgan fingerprint density at radius 2 is 2.00 bits per heavy atom. The Hall–Kier alpha value is -1.90. The van der Waals surface area contributed by atoms with Crippen LogP contribution in [0.5, 0.6) is 5.75 Å². The van der Waals surface area contributed by atoms with Gasteiger partial charge in [0.05, 0.1) is 0 Å². The highest BCUT2D eigenvalue weighted by Gasteiger charge is 2.15. The Labute approximate surface area is 82.0 Å². The van der Waals surface area contributed by atoms with Crippen LogP contribution in [0.3, 0.4) is 0 Å². The molecule has 0 saturated heterocycles. The van der Waals surface area contributed by atoms with E-state index in [9.17, 15) is 9.59 Å². The molecule has 0 fully saturated rings. The number of carbonyl (C=O) groups is 2. The molecule has 1 aromatic rings. The molecular weight excluding hydrogens is 180 g/mol. The number of aldehydes is 1. The summed E-state index contributed by atoms with van der Waals surface area (Å²) >= 11 is 0. The lowest BCUT2D eigenvalue weighted by molar-refractivity contribution is -0.139. The van der Waals surface area contributed by atoms with Crippen LogP contribution in [0.15, 0.2) is 43.0 Å². The van der Waals surface area contributed by atoms with Gasteiger partial charge in [-0.15, -0.1) is 6.58 Å². The maximum Gasteiger partial charge on any atom is 0.325 e. The predicted molar refractivity (Wildman–Crippen MR) is 51.8 cm³/mol. The first-order valence-corrected chi connectivity index (χ1v) is 4.12. The van der Waals surface area contributed by atoms with E-state index >= 15 is 0 Å². The molecule has 1 unspecified atom stereocenters. The zero-order valence-corrected chi connectivity index (χ0v) is 7.55. The zero-order chi connectivity index (χ0) is 10.4. The second-order valence-electron chi connectivity index (χ2n) is 2.63. The molecule has 0 aliphatic rings. The molecule has 0 radical (unpaired) electrons. The molecular formula is C11H10O3. The summed E-state index contributed by atoms with van der Waals surface area (Å²) in [6.45, 7) is 3.36. The lowest BCUT2D eigenvalue weighted by Gasteiger charge is -2.05. The molecule has 0 aromatic heterocycles. The van der Waals surface area contributed by atoms with Crippen LogP contribution in [0.1, 0.15) is 0 Å². The maximum absolute atomic E-state index is 11.3. The maximum atomic E-state index is 11.3. The SMILES string of the molecule is C=CC(C=O)C(=O)Oc1ccccc1. The van der Waals surface area contributed by atoms with Crippen molar-refractivity contribution in [1.29, 1.82) is 0 Å². The predicted octanol–water partition coefficient (Wildman–Crippen LogP) is 1.59. The minimum atomic E-state index is -0.893. The summed E-state index contributed by atoms with van der Waals surface area (Å²) < 4.78 is 4.92. The van der Waals surface area contributed by atoms with E-state index in [0.717, 1.165) is 0 Å². The van der Waals surface area contributed by atoms with Crippen molar-refractivity contribution in [3.05, 3.63) is 43.0 Å². The normalized spacial score (nSPS) is 11.4. The summed E-state index contributed by atoms with van der Waals surface area (Å²) in [7, 11) is 0. The molecule has 0 aliphatic carbocycles. The lowest BCUT2D eigenvalue weighted by atomic mass is 10.2. The van der Waals surface area contributed by atoms with E-state index in [4.69, 9.17) is 4.74 Å². The smallest absolute Gasteiger partial charge is 0.325 e. The molecule has 0 amide bonds. The summed E-state index contributed by atoms with van der Waals surface area (Å²) in [5.41, 5.74) is 0. The summed E-state index contributed by atoms with van der Waals surface area (Å²) in [6.07, 6.45) is 1.75. The van der Waals surface area contributed by atoms with Crippen molar-refractivity contribution >= 4 is 12.3 Å². The molecule has 0 bridgehead atoms. The van der Waals surface area contributed by atoms with Crippen molar-refractivity contribution in [2.45, 2.75) is 0 Å². The molecule has 1 atom stereocenters. The van der Waals surface area contributed by atoms with Gasteiger partial charge >= 0.3 is 5.97 Å². The molecule has 72 valence electrons. The Morgan fingerprint density at radius 3 is 2.50 bits per heavy atom. The third-order valence-electron chi connectivity index (χ3n) is 1.63. The molecule has 14 heavy (non-hydrogen) atoms. The standard InChI is InChI=1S/C11H10O3/c1-2-9(8-12)11(13)14-10-6-4-3-5-7-10/h2-9H,1H2. The van der Waals surface area contributed by atoms with E-state index in [0.29, 0.717) is 12.0 Å². The van der Waals surface area contributed by atoms with Gasteiger partial charge in [-0.1, -0.05) is 24.3 Å². The van der Waals surface area contributed by atoms with Crippen LogP contribution >= 0.6 is 0 Å². The number of esters is 1. The van der Waals surface area contributed by atoms with Gasteiger partial charge in [-0.25, -0.2) is 0 Å². The van der Waals surface area contributed by atoms with Gasteiger partial charge in [0.1, 0.15) is 18.0 Å². The first kappa shape index (κ1) is 10.2. The van der Waals surface area contributed by atoms with E-state index < -0.39 is 11.9 Å². The van der Waals surface area contributed by atoms with E-state index in [1.54, 1.807) is 24.3 Å². The Morgan fingerprint density at radius 1 is 1.36 bits per heavy atom. The molecule has 3 heteroatoms. The first-order chi connectivity index (χ1) is 6.77. The number of benzene rings is 1. The Bertz CT molecular complexity index is 322. The summed E-state index contributed by atoms with van der Waals surface area (Å²) in [6, 6.07) is 8.58. The van der Waals surface area contributed by atoms with E-state index in [-0.39, 0.29) is 0 Å². The molecule has 1 rings (SSSR count). The average Bonchev–Trinajstić information content (AvgIpc) is 2.21. The van der Waals surface area contributed by atoms with Gasteiger partial charge in [0.15, 0.2) is 0 Å². The van der Waals surface area contributed by atoms with Gasteiger partial charge in [-0.05, 0) is 12.1 Å². The summed E-state index contributed by atoms with van der Waals surface area (Å²) in [5, 5.41) is 0. The van der Waals surface area contributed by atoms with Gasteiger partial charge in [0.2, 0.25) is 0 Å². The third-order valence-corrected chi connectivity index (χ3v) is 1.63. The van der Waals surface area contributed by atoms with Crippen molar-refractivity contribution in [2.75, 3.05) is 0 Å². The Kier molecular flexibility index (Phi) is 3.61. The van der Waals surface area contributed by atoms with Crippen molar-refractivity contribution < 1.29 is 14.3 Å². The number of rotatable bonds is 4. The van der Waals surface area contributed by atoms with Crippen LogP contribution in [-0.2, 0) is 9.59 Å². The number of carbonyl (C=O) groups excluding carboxylic acids is 2. The van der Waals surface area contributed by atoms with Crippen LogP contribution in [-0.4, -0.2) is 12.3 Å². The molecule has 0 spiro atoms. The third kappa shape index (κ3) is 2.55. The van der Waals surface area contributed by atoms with Crippen molar-refractivity contribution in [3.8, 4) is 5.75 Å². The topological polar surface area (TPSA) is 43.4 Å². The molecule has 0 saturated carbocycles. The second-order valence-corrected chi connectivity index (χ2v) is 2.63. The number of hydrogen-bond donors (Lipinski definition) is 0. The van der Waals surface area contributed by atoms with Crippen LogP contribution in [0.25, 0.3) is 0 Å². The minimum Gasteiger partial charge on any atom is -0.426 e. The van der Waals surface area contributed by atoms with Gasteiger partial charge < -0.3 is 9.53 Å². The molecule has 3 nitrogen and oxygen atoms in total. The fourth-order valence-electron chi connectivity index (χ4n) is 0.880. The summed E-state index contributed by atoms with van der Waals surface area (Å²) in [5.74, 6) is -1.08. The molecule has 0 aliphatic heterocycles. The Balaban J connectivity index is 2.65. The van der Waals surface area contributed by atoms with Crippen LogP contribution in [0.2, 0.25) is 0 Å². The van der Waals surface area contributed by atoms with Crippen molar-refractivity contribution in [1.82, 2.24) is 0 Å². The fraction of sp³-hybridized carbons (Fsp3) is 0.0909. The lowest BCUT2D eigenvalue weighted by Crippen LogP contribution is -2.19. The summed E-state index contributed by atoms with van der Waals surface area (Å²) in [4.78, 5) is 21.6. The highest BCUT2D eigenvalue weighted by Crippen LogP contribution is 2.10. The van der Waals surface area contributed by atoms with Gasteiger partial charge in [-0.2, -0.15) is 0 Å². The number of para-hydroxylation sites is 1. The van der Waals surface area contributed by atoms with E-state index in [1.807, 2.05) is 6.07 Å². The van der Waals surface area contributed by atoms with Gasteiger partial charge in [-0.3, -0.25) is 4.79 Å². The van der Waals surface area contributed by atoms with E-state index in [1.165, 1.54) is 6.08 Å². The van der Waals surface area contributed by atoms with Gasteiger partial charge in [0.25, 0.3) is 0 Å². The first-order valence-electron chi connectivity index (χ1n) is 4.12. The van der Waals surface area contributed by atoms with Crippen LogP contribution in [0.4, 0.5) is 0 Å². The van der Waals surface area contributed by atoms with Crippen LogP contribution in [0, 0.1) is 5.92 Å². The number of hydrogen-bond acceptors (Lipinski definition) is 3. The second kappa shape index (κ2) is 4.97. The quantitative estimate of drug-likeness (QED) is 0.238. The molecule has 0 heterocycles. The fourth-order valence-corrected chi connectivity index (χ4v) is 0.880. The monoisotopic (exact) mass is 190 g/mol. The van der Waals surface area contributed by atoms with Crippen molar-refractivity contribution in [2.24, 2.45) is 5.92 Å². The highest BCUT2D eigenvalue weighted by atomic mass is 16.5. The van der Waals surface area contributed by atoms with Gasteiger partial charge in [0, 0.05) is 0 Å². The van der Waals surface area contributed by atoms with Crippen molar-refractivity contribution in [3.63, 3.8) is 0 Å². The molecule has 1 aromatic carbocycles. The highest BCUT2D eigenvalue weighted by molar-refractivity contribution is 5.91. The largest absolute Gasteiger partial charge is 0.426 e. The number of ether oxygens (including phenoxy) is 1. The minimum absolute atomic E-state index is 0.422.